The van der Waals surface area contributed by atoms with Crippen LogP contribution in [0.15, 0.2) is 40.9 Å². The van der Waals surface area contributed by atoms with Crippen LogP contribution in [0.2, 0.25) is 0 Å². The molecule has 0 aliphatic heterocycles. The van der Waals surface area contributed by atoms with Crippen molar-refractivity contribution in [3.05, 3.63) is 53.6 Å². The third kappa shape index (κ3) is 5.50. The Bertz CT molecular complexity index is 1030. The average Bonchev–Trinajstić information content (AvgIpc) is 3.32. The molecule has 0 spiro atoms. The number of hydrogen-bond donors (Lipinski definition) is 1. The van der Waals surface area contributed by atoms with E-state index in [0.717, 1.165) is 42.6 Å². The number of pyridine rings is 1. The second-order valence-electron chi connectivity index (χ2n) is 8.48. The molecule has 0 bridgehead atoms. The molecule has 2 aromatic heterocycles. The Labute approximate surface area is 193 Å². The highest BCUT2D eigenvalue weighted by Gasteiger charge is 2.30. The van der Waals surface area contributed by atoms with E-state index in [1.807, 2.05) is 44.2 Å². The summed E-state index contributed by atoms with van der Waals surface area (Å²) >= 11 is 0. The molecule has 33 heavy (non-hydrogen) atoms. The zero-order valence-electron chi connectivity index (χ0n) is 19.4. The second kappa shape index (κ2) is 10.7. The summed E-state index contributed by atoms with van der Waals surface area (Å²) in [6, 6.07) is 9.90. The molecule has 2 heterocycles. The molecule has 0 amide bonds. The lowest BCUT2D eigenvalue weighted by atomic mass is 9.75. The fourth-order valence-corrected chi connectivity index (χ4v) is 4.63. The van der Waals surface area contributed by atoms with E-state index in [4.69, 9.17) is 13.9 Å². The largest absolute Gasteiger partial charge is 0.497 e. The zero-order valence-corrected chi connectivity index (χ0v) is 19.4. The first-order valence-electron chi connectivity index (χ1n) is 11.5. The minimum atomic E-state index is -0.366. The van der Waals surface area contributed by atoms with Gasteiger partial charge in [0.1, 0.15) is 5.75 Å². The molecule has 0 radical (unpaired) electrons. The highest BCUT2D eigenvalue weighted by atomic mass is 19.1. The molecule has 3 aromatic rings. The number of halogens is 1. The van der Waals surface area contributed by atoms with Crippen LogP contribution in [0.3, 0.4) is 0 Å². The summed E-state index contributed by atoms with van der Waals surface area (Å²) in [7, 11) is 1.63. The van der Waals surface area contributed by atoms with E-state index in [0.29, 0.717) is 42.5 Å². The Morgan fingerprint density at radius 1 is 1.12 bits per heavy atom. The van der Waals surface area contributed by atoms with Gasteiger partial charge in [-0.25, -0.2) is 4.98 Å². The number of methoxy groups -OCH3 is 1. The number of aromatic nitrogens is 3. The highest BCUT2D eigenvalue weighted by Crippen LogP contribution is 2.39. The topological polar surface area (TPSA) is 82.3 Å². The second-order valence-corrected chi connectivity index (χ2v) is 8.48. The van der Waals surface area contributed by atoms with Crippen molar-refractivity contribution in [2.45, 2.75) is 51.5 Å². The first-order chi connectivity index (χ1) is 16.1. The predicted octanol–water partition coefficient (Wildman–Crippen LogP) is 5.38. The normalized spacial score (nSPS) is 19.3. The van der Waals surface area contributed by atoms with Gasteiger partial charge < -0.3 is 19.2 Å². The number of nitrogens with one attached hydrogen (secondary N) is 1. The van der Waals surface area contributed by atoms with Gasteiger partial charge >= 0.3 is 6.01 Å². The molecule has 1 aliphatic carbocycles. The van der Waals surface area contributed by atoms with Crippen LogP contribution in [-0.2, 0) is 4.74 Å². The summed E-state index contributed by atoms with van der Waals surface area (Å²) in [5.74, 6) is 1.62. The van der Waals surface area contributed by atoms with Gasteiger partial charge in [0.05, 0.1) is 19.8 Å². The van der Waals surface area contributed by atoms with Crippen LogP contribution in [-0.4, -0.2) is 41.5 Å². The van der Waals surface area contributed by atoms with Crippen molar-refractivity contribution in [2.75, 3.05) is 25.6 Å². The highest BCUT2D eigenvalue weighted by molar-refractivity contribution is 5.54. The Kier molecular flexibility index (Phi) is 7.54. The van der Waals surface area contributed by atoms with Crippen LogP contribution in [0.25, 0.3) is 11.5 Å². The number of rotatable bonds is 9. The van der Waals surface area contributed by atoms with Gasteiger partial charge in [-0.3, -0.25) is 0 Å². The van der Waals surface area contributed by atoms with E-state index < -0.39 is 0 Å². The Balaban J connectivity index is 1.41. The van der Waals surface area contributed by atoms with Crippen molar-refractivity contribution in [3.8, 4) is 17.2 Å². The van der Waals surface area contributed by atoms with Crippen molar-refractivity contribution >= 4 is 6.01 Å². The molecule has 1 fully saturated rings. The number of hydrogen-bond acceptors (Lipinski definition) is 7. The number of ether oxygens (including phenoxy) is 2. The van der Waals surface area contributed by atoms with Gasteiger partial charge in [0, 0.05) is 23.9 Å². The molecule has 7 nitrogen and oxygen atoms in total. The summed E-state index contributed by atoms with van der Waals surface area (Å²) in [4.78, 5) is 3.77. The van der Waals surface area contributed by atoms with E-state index in [1.165, 1.54) is 0 Å². The van der Waals surface area contributed by atoms with Gasteiger partial charge in [0.2, 0.25) is 11.8 Å². The summed E-state index contributed by atoms with van der Waals surface area (Å²) in [5.41, 5.74) is 2.58. The van der Waals surface area contributed by atoms with Crippen LogP contribution in [0, 0.1) is 18.8 Å². The molecule has 1 saturated carbocycles. The lowest BCUT2D eigenvalue weighted by Crippen LogP contribution is -2.36. The van der Waals surface area contributed by atoms with E-state index in [2.05, 4.69) is 20.5 Å². The fraction of sp³-hybridized carbons (Fsp3) is 0.480. The maximum absolute atomic E-state index is 13.9. The Morgan fingerprint density at radius 2 is 1.88 bits per heavy atom. The third-order valence-electron chi connectivity index (χ3n) is 6.54. The predicted molar refractivity (Wildman–Crippen MR) is 124 cm³/mol. The van der Waals surface area contributed by atoms with Gasteiger partial charge in [0.25, 0.3) is 0 Å². The lowest BCUT2D eigenvalue weighted by Gasteiger charge is -2.34. The number of benzene rings is 1. The maximum Gasteiger partial charge on any atom is 0.316 e. The molecule has 1 aliphatic rings. The molecule has 0 saturated heterocycles. The van der Waals surface area contributed by atoms with E-state index in [1.54, 1.807) is 13.3 Å². The van der Waals surface area contributed by atoms with Crippen LogP contribution in [0.5, 0.6) is 5.75 Å². The van der Waals surface area contributed by atoms with Gasteiger partial charge in [-0.1, -0.05) is 5.10 Å². The molecule has 176 valence electrons. The quantitative estimate of drug-likeness (QED) is 0.435. The van der Waals surface area contributed by atoms with Crippen LogP contribution in [0.4, 0.5) is 10.4 Å². The molecule has 1 aromatic carbocycles. The van der Waals surface area contributed by atoms with E-state index in [-0.39, 0.29) is 12.0 Å². The minimum absolute atomic E-state index is 0.0605. The summed E-state index contributed by atoms with van der Waals surface area (Å²) < 4.78 is 30.8. The lowest BCUT2D eigenvalue weighted by molar-refractivity contribution is 0.111. The maximum atomic E-state index is 13.9. The van der Waals surface area contributed by atoms with Crippen molar-refractivity contribution in [1.82, 2.24) is 15.2 Å². The SMILES string of the molecule is CCOCC(Nc1nnc(-c2ccc(OC)cc2)o1)C1CCC(c2ccnc(F)c2C)CC1. The zero-order chi connectivity index (χ0) is 23.2. The standard InChI is InChI=1S/C25H31FN4O3/c1-4-32-15-22(18-7-5-17(6-8-18)21-13-14-27-23(26)16(21)2)28-25-30-29-24(33-25)19-9-11-20(31-3)12-10-19/h9-14,17-18,22H,4-8,15H2,1-3H3,(H,28,30). The molecule has 1 atom stereocenters. The molecular formula is C25H31FN4O3. The van der Waals surface area contributed by atoms with Crippen molar-refractivity contribution in [1.29, 1.82) is 0 Å². The molecule has 4 rings (SSSR count). The average molecular weight is 455 g/mol. The van der Waals surface area contributed by atoms with E-state index in [9.17, 15) is 4.39 Å². The van der Waals surface area contributed by atoms with Crippen LogP contribution in [0.1, 0.15) is 49.7 Å². The van der Waals surface area contributed by atoms with Crippen molar-refractivity contribution in [3.63, 3.8) is 0 Å². The van der Waals surface area contributed by atoms with Gasteiger partial charge in [-0.15, -0.1) is 5.10 Å². The smallest absolute Gasteiger partial charge is 0.316 e. The van der Waals surface area contributed by atoms with Gasteiger partial charge in [-0.2, -0.15) is 4.39 Å². The number of nitrogens with zero attached hydrogens (tertiary/aromatic N) is 3. The summed E-state index contributed by atoms with van der Waals surface area (Å²) in [6.07, 6.45) is 5.59. The fourth-order valence-electron chi connectivity index (χ4n) is 4.63. The Morgan fingerprint density at radius 3 is 2.58 bits per heavy atom. The molecular weight excluding hydrogens is 423 g/mol. The van der Waals surface area contributed by atoms with Crippen molar-refractivity contribution < 1.29 is 18.3 Å². The number of anilines is 1. The molecule has 8 heteroatoms. The van der Waals surface area contributed by atoms with Gasteiger partial charge in [-0.05, 0) is 87.3 Å². The van der Waals surface area contributed by atoms with Crippen LogP contribution >= 0.6 is 0 Å². The van der Waals surface area contributed by atoms with Gasteiger partial charge in [0.15, 0.2) is 0 Å². The summed E-state index contributed by atoms with van der Waals surface area (Å²) in [6.45, 7) is 5.02. The van der Waals surface area contributed by atoms with Crippen molar-refractivity contribution in [2.24, 2.45) is 5.92 Å². The molecule has 1 N–H and O–H groups in total. The monoisotopic (exact) mass is 454 g/mol. The van der Waals surface area contributed by atoms with E-state index >= 15 is 0 Å². The Hall–Kier alpha value is -3.00. The third-order valence-corrected chi connectivity index (χ3v) is 6.54. The minimum Gasteiger partial charge on any atom is -0.497 e. The first kappa shape index (κ1) is 23.2. The first-order valence-corrected chi connectivity index (χ1v) is 11.5. The van der Waals surface area contributed by atoms with Crippen LogP contribution < -0.4 is 10.1 Å². The summed E-state index contributed by atoms with van der Waals surface area (Å²) in [5, 5.41) is 11.8. The molecule has 1 unspecified atom stereocenters.